The number of ether oxygens (including phenoxy) is 1. The highest BCUT2D eigenvalue weighted by atomic mass is 16.5. The second-order valence-electron chi connectivity index (χ2n) is 7.74. The fourth-order valence-corrected chi connectivity index (χ4v) is 3.80. The molecule has 0 saturated heterocycles. The van der Waals surface area contributed by atoms with Gasteiger partial charge in [-0.3, -0.25) is 20.6 Å². The Balaban J connectivity index is 1.37. The van der Waals surface area contributed by atoms with E-state index in [2.05, 4.69) is 25.8 Å². The van der Waals surface area contributed by atoms with Gasteiger partial charge in [0.05, 0.1) is 5.92 Å². The molecule has 0 saturated carbocycles. The molecule has 2 aromatic heterocycles. The summed E-state index contributed by atoms with van der Waals surface area (Å²) < 4.78 is 5.96. The molecule has 172 valence electrons. The van der Waals surface area contributed by atoms with E-state index in [0.717, 1.165) is 16.5 Å². The molecule has 0 spiro atoms. The van der Waals surface area contributed by atoms with E-state index in [1.54, 1.807) is 12.3 Å². The average Bonchev–Trinajstić information content (AvgIpc) is 2.91. The fraction of sp³-hybridized carbons (Fsp3) is 0.0370. The van der Waals surface area contributed by atoms with Gasteiger partial charge in [0.25, 0.3) is 0 Å². The zero-order valence-corrected chi connectivity index (χ0v) is 18.6. The molecule has 5 aromatic rings. The monoisotopic (exact) mass is 462 g/mol. The number of benzene rings is 3. The van der Waals surface area contributed by atoms with E-state index in [4.69, 9.17) is 10.5 Å². The number of para-hydroxylation sites is 1. The van der Waals surface area contributed by atoms with Gasteiger partial charge in [0.2, 0.25) is 11.8 Å². The summed E-state index contributed by atoms with van der Waals surface area (Å²) in [7, 11) is 0. The van der Waals surface area contributed by atoms with Crippen molar-refractivity contribution >= 4 is 28.3 Å². The Hall–Kier alpha value is -4.98. The van der Waals surface area contributed by atoms with Crippen molar-refractivity contribution in [2.75, 3.05) is 11.2 Å². The van der Waals surface area contributed by atoms with E-state index in [-0.39, 0.29) is 23.3 Å². The lowest BCUT2D eigenvalue weighted by Gasteiger charge is -2.19. The Morgan fingerprint density at radius 2 is 1.49 bits per heavy atom. The number of rotatable bonds is 7. The molecule has 5 rings (SSSR count). The van der Waals surface area contributed by atoms with Gasteiger partial charge in [-0.05, 0) is 23.3 Å². The standard InChI is InChI=1S/C27H22N6O2/c28-23-25(30-17-31-27(23)35-21-15-7-13-20-14-8-16-29-24(20)21)32-33-26(34)22(18-9-3-1-4-10-18)19-11-5-2-6-12-19/h1-17,22H,28H2,(H,33,34)(H,30,31,32). The van der Waals surface area contributed by atoms with Crippen LogP contribution in [-0.4, -0.2) is 20.9 Å². The molecule has 8 nitrogen and oxygen atoms in total. The number of anilines is 2. The Kier molecular flexibility index (Phi) is 6.17. The number of carbonyl (C=O) groups excluding carboxylic acids is 1. The summed E-state index contributed by atoms with van der Waals surface area (Å²) in [5.74, 6) is 0.0947. The third-order valence-corrected chi connectivity index (χ3v) is 5.48. The highest BCUT2D eigenvalue weighted by Crippen LogP contribution is 2.32. The molecule has 3 aromatic carbocycles. The van der Waals surface area contributed by atoms with Crippen LogP contribution in [0.1, 0.15) is 17.0 Å². The van der Waals surface area contributed by atoms with Crippen LogP contribution >= 0.6 is 0 Å². The second kappa shape index (κ2) is 9.88. The number of aromatic nitrogens is 3. The maximum absolute atomic E-state index is 13.3. The van der Waals surface area contributed by atoms with Gasteiger partial charge in [0.1, 0.15) is 17.5 Å². The minimum atomic E-state index is -0.523. The predicted molar refractivity (Wildman–Crippen MR) is 135 cm³/mol. The molecule has 0 fully saturated rings. The fourth-order valence-electron chi connectivity index (χ4n) is 3.80. The van der Waals surface area contributed by atoms with E-state index in [0.29, 0.717) is 11.3 Å². The molecule has 0 atom stereocenters. The zero-order chi connectivity index (χ0) is 24.0. The number of nitrogens with one attached hydrogen (secondary N) is 2. The summed E-state index contributed by atoms with van der Waals surface area (Å²) in [5.41, 5.74) is 14.4. The normalized spacial score (nSPS) is 10.8. The van der Waals surface area contributed by atoms with Crippen LogP contribution in [0, 0.1) is 0 Å². The number of nitrogen functional groups attached to an aromatic ring is 1. The number of hydrazine groups is 1. The highest BCUT2D eigenvalue weighted by Gasteiger charge is 2.23. The smallest absolute Gasteiger partial charge is 0.250 e. The van der Waals surface area contributed by atoms with Crippen molar-refractivity contribution in [1.29, 1.82) is 0 Å². The summed E-state index contributed by atoms with van der Waals surface area (Å²) in [6.07, 6.45) is 3.00. The largest absolute Gasteiger partial charge is 0.435 e. The molecule has 0 radical (unpaired) electrons. The molecule has 4 N–H and O–H groups in total. The summed E-state index contributed by atoms with van der Waals surface area (Å²) >= 11 is 0. The summed E-state index contributed by atoms with van der Waals surface area (Å²) in [4.78, 5) is 26.0. The highest BCUT2D eigenvalue weighted by molar-refractivity contribution is 5.88. The van der Waals surface area contributed by atoms with Crippen molar-refractivity contribution in [3.05, 3.63) is 115 Å². The summed E-state index contributed by atoms with van der Waals surface area (Å²) in [5, 5.41) is 0.927. The molecule has 1 amide bonds. The van der Waals surface area contributed by atoms with Crippen molar-refractivity contribution in [2.24, 2.45) is 0 Å². The van der Waals surface area contributed by atoms with Crippen molar-refractivity contribution < 1.29 is 9.53 Å². The maximum atomic E-state index is 13.3. The van der Waals surface area contributed by atoms with Gasteiger partial charge in [0.15, 0.2) is 11.6 Å². The van der Waals surface area contributed by atoms with Crippen LogP contribution in [0.5, 0.6) is 11.6 Å². The lowest BCUT2D eigenvalue weighted by Crippen LogP contribution is -2.35. The van der Waals surface area contributed by atoms with E-state index in [1.807, 2.05) is 84.9 Å². The minimum Gasteiger partial charge on any atom is -0.435 e. The first-order valence-electron chi connectivity index (χ1n) is 11.0. The molecule has 0 aliphatic heterocycles. The Labute approximate surface area is 201 Å². The number of amides is 1. The quantitative estimate of drug-likeness (QED) is 0.301. The van der Waals surface area contributed by atoms with Crippen molar-refractivity contribution in [2.45, 2.75) is 5.92 Å². The molecular weight excluding hydrogens is 440 g/mol. The molecule has 0 bridgehead atoms. The van der Waals surface area contributed by atoms with Crippen molar-refractivity contribution in [1.82, 2.24) is 20.4 Å². The number of hydrogen-bond donors (Lipinski definition) is 3. The summed E-state index contributed by atoms with van der Waals surface area (Å²) in [6.45, 7) is 0. The lowest BCUT2D eigenvalue weighted by atomic mass is 9.91. The SMILES string of the molecule is Nc1c(NNC(=O)C(c2ccccc2)c2ccccc2)ncnc1Oc1cccc2cccnc12. The first kappa shape index (κ1) is 21.8. The summed E-state index contributed by atoms with van der Waals surface area (Å²) in [6, 6.07) is 28.5. The average molecular weight is 463 g/mol. The number of nitrogens with two attached hydrogens (primary N) is 1. The van der Waals surface area contributed by atoms with E-state index in [9.17, 15) is 4.79 Å². The molecule has 0 aliphatic rings. The van der Waals surface area contributed by atoms with Crippen LogP contribution in [0.2, 0.25) is 0 Å². The number of carbonyl (C=O) groups is 1. The first-order chi connectivity index (χ1) is 17.2. The van der Waals surface area contributed by atoms with Gasteiger partial charge in [-0.1, -0.05) is 78.9 Å². The Morgan fingerprint density at radius 1 is 0.800 bits per heavy atom. The molecule has 0 unspecified atom stereocenters. The number of fused-ring (bicyclic) bond motifs is 1. The van der Waals surface area contributed by atoms with Crippen molar-refractivity contribution in [3.8, 4) is 11.6 Å². The molecule has 8 heteroatoms. The topological polar surface area (TPSA) is 115 Å². The van der Waals surface area contributed by atoms with Gasteiger partial charge < -0.3 is 10.5 Å². The number of hydrogen-bond acceptors (Lipinski definition) is 7. The van der Waals surface area contributed by atoms with Gasteiger partial charge in [0, 0.05) is 11.6 Å². The van der Waals surface area contributed by atoms with Crippen LogP contribution in [0.25, 0.3) is 10.9 Å². The third-order valence-electron chi connectivity index (χ3n) is 5.48. The van der Waals surface area contributed by atoms with Crippen LogP contribution < -0.4 is 21.3 Å². The van der Waals surface area contributed by atoms with Gasteiger partial charge >= 0.3 is 0 Å². The predicted octanol–water partition coefficient (Wildman–Crippen LogP) is 4.67. The van der Waals surface area contributed by atoms with Crippen LogP contribution in [-0.2, 0) is 4.79 Å². The minimum absolute atomic E-state index is 0.150. The van der Waals surface area contributed by atoms with Crippen LogP contribution in [0.15, 0.2) is 104 Å². The third kappa shape index (κ3) is 4.72. The number of pyridine rings is 1. The second-order valence-corrected chi connectivity index (χ2v) is 7.74. The van der Waals surface area contributed by atoms with Crippen LogP contribution in [0.3, 0.4) is 0 Å². The Morgan fingerprint density at radius 3 is 2.20 bits per heavy atom. The molecule has 0 aliphatic carbocycles. The first-order valence-corrected chi connectivity index (χ1v) is 11.0. The van der Waals surface area contributed by atoms with Gasteiger partial charge in [-0.2, -0.15) is 4.98 Å². The van der Waals surface area contributed by atoms with Gasteiger partial charge in [-0.15, -0.1) is 0 Å². The number of nitrogens with zero attached hydrogens (tertiary/aromatic N) is 3. The van der Waals surface area contributed by atoms with E-state index >= 15 is 0 Å². The van der Waals surface area contributed by atoms with E-state index < -0.39 is 5.92 Å². The van der Waals surface area contributed by atoms with Gasteiger partial charge in [-0.25, -0.2) is 4.98 Å². The maximum Gasteiger partial charge on any atom is 0.250 e. The van der Waals surface area contributed by atoms with Crippen LogP contribution in [0.4, 0.5) is 11.5 Å². The lowest BCUT2D eigenvalue weighted by molar-refractivity contribution is -0.121. The van der Waals surface area contributed by atoms with Crippen molar-refractivity contribution in [3.63, 3.8) is 0 Å². The Bertz CT molecular complexity index is 1420. The zero-order valence-electron chi connectivity index (χ0n) is 18.6. The van der Waals surface area contributed by atoms with E-state index in [1.165, 1.54) is 6.33 Å². The molecule has 35 heavy (non-hydrogen) atoms. The molecule has 2 heterocycles. The molecular formula is C27H22N6O2.